The van der Waals surface area contributed by atoms with Gasteiger partial charge in [-0.25, -0.2) is 13.9 Å². The van der Waals surface area contributed by atoms with Gasteiger partial charge in [-0.15, -0.1) is 0 Å². The van der Waals surface area contributed by atoms with Crippen molar-refractivity contribution in [3.05, 3.63) is 40.3 Å². The van der Waals surface area contributed by atoms with Crippen LogP contribution in [0.4, 0.5) is 4.39 Å². The van der Waals surface area contributed by atoms with Crippen LogP contribution in [-0.4, -0.2) is 19.7 Å². The van der Waals surface area contributed by atoms with Crippen molar-refractivity contribution in [3.63, 3.8) is 0 Å². The van der Waals surface area contributed by atoms with E-state index in [-0.39, 0.29) is 12.4 Å². The van der Waals surface area contributed by atoms with Gasteiger partial charge in [0, 0.05) is 11.5 Å². The maximum absolute atomic E-state index is 13.4. The minimum Gasteiger partial charge on any atom is -0.390 e. The highest BCUT2D eigenvalue weighted by Crippen LogP contribution is 2.42. The number of aromatic nitrogens is 3. The normalized spacial score (nSPS) is 15.0. The number of aryl methyl sites for hydroxylation is 1. The maximum Gasteiger partial charge on any atom is 0.213 e. The topological polar surface area (TPSA) is 50.4 Å². The van der Waals surface area contributed by atoms with E-state index in [4.69, 9.17) is 0 Å². The summed E-state index contributed by atoms with van der Waals surface area (Å²) in [4.78, 5) is 5.38. The Morgan fingerprint density at radius 3 is 2.90 bits per heavy atom. The average Bonchev–Trinajstić information content (AvgIpc) is 3.15. The van der Waals surface area contributed by atoms with Crippen LogP contribution in [0.15, 0.2) is 18.2 Å². The Balaban J connectivity index is 1.87. The largest absolute Gasteiger partial charge is 0.390 e. The summed E-state index contributed by atoms with van der Waals surface area (Å²) in [6, 6.07) is 4.88. The molecular weight excluding hydrogens is 289 g/mol. The number of hydrogen-bond acceptors (Lipinski definition) is 4. The first-order valence-corrected chi connectivity index (χ1v) is 7.74. The Hall–Kier alpha value is -1.79. The molecule has 6 heteroatoms. The summed E-state index contributed by atoms with van der Waals surface area (Å²) in [5.74, 6) is 0.333. The summed E-state index contributed by atoms with van der Waals surface area (Å²) in [6.45, 7) is 1.58. The fraction of sp³-hybridized carbons (Fsp3) is 0.333. The molecule has 1 aliphatic carbocycles. The quantitative estimate of drug-likeness (QED) is 0.808. The lowest BCUT2D eigenvalue weighted by atomic mass is 10.1. The first-order chi connectivity index (χ1) is 10.2. The highest BCUT2D eigenvalue weighted by atomic mass is 32.1. The van der Waals surface area contributed by atoms with E-state index < -0.39 is 0 Å². The van der Waals surface area contributed by atoms with E-state index in [1.54, 1.807) is 34.9 Å². The summed E-state index contributed by atoms with van der Waals surface area (Å²) >= 11 is 1.58. The summed E-state index contributed by atoms with van der Waals surface area (Å²) < 4.78 is 15.1. The van der Waals surface area contributed by atoms with Crippen LogP contribution in [0.25, 0.3) is 16.2 Å². The first kappa shape index (κ1) is 12.9. The lowest BCUT2D eigenvalue weighted by molar-refractivity contribution is 0.275. The molecule has 2 aromatic heterocycles. The first-order valence-electron chi connectivity index (χ1n) is 6.93. The second-order valence-electron chi connectivity index (χ2n) is 5.44. The molecule has 1 aromatic carbocycles. The zero-order valence-corrected chi connectivity index (χ0v) is 12.3. The van der Waals surface area contributed by atoms with E-state index in [0.29, 0.717) is 22.9 Å². The molecule has 0 aliphatic heterocycles. The summed E-state index contributed by atoms with van der Waals surface area (Å²) in [7, 11) is 0. The number of nitrogens with zero attached hydrogens (tertiary/aromatic N) is 3. The standard InChI is InChI=1S/C15H14FN3OS/c1-8-6-10(4-5-11(8)16)13-12(7-20)19-15(17-13)21-14(18-19)9-2-3-9/h4-6,9,20H,2-3,7H2,1H3. The van der Waals surface area contributed by atoms with Crippen molar-refractivity contribution in [2.75, 3.05) is 0 Å². The van der Waals surface area contributed by atoms with Crippen molar-refractivity contribution in [1.29, 1.82) is 0 Å². The Labute approximate surface area is 124 Å². The van der Waals surface area contributed by atoms with E-state index in [1.165, 1.54) is 18.9 Å². The molecule has 3 aromatic rings. The molecule has 0 bridgehead atoms. The van der Waals surface area contributed by atoms with E-state index >= 15 is 0 Å². The number of aliphatic hydroxyl groups excluding tert-OH is 1. The summed E-state index contributed by atoms with van der Waals surface area (Å²) in [5.41, 5.74) is 2.73. The molecule has 1 aliphatic rings. The zero-order chi connectivity index (χ0) is 14.6. The summed E-state index contributed by atoms with van der Waals surface area (Å²) in [6.07, 6.45) is 2.38. The number of halogens is 1. The van der Waals surface area contributed by atoms with E-state index in [9.17, 15) is 9.50 Å². The van der Waals surface area contributed by atoms with Gasteiger partial charge in [-0.05, 0) is 43.5 Å². The van der Waals surface area contributed by atoms with Crippen LogP contribution in [0.1, 0.15) is 35.0 Å². The van der Waals surface area contributed by atoms with Crippen molar-refractivity contribution >= 4 is 16.3 Å². The third kappa shape index (κ3) is 2.06. The zero-order valence-electron chi connectivity index (χ0n) is 11.5. The molecule has 0 radical (unpaired) electrons. The highest BCUT2D eigenvalue weighted by molar-refractivity contribution is 7.16. The van der Waals surface area contributed by atoms with Gasteiger partial charge >= 0.3 is 0 Å². The fourth-order valence-corrected chi connectivity index (χ4v) is 3.55. The predicted molar refractivity (Wildman–Crippen MR) is 78.9 cm³/mol. The molecule has 2 heterocycles. The predicted octanol–water partition coefficient (Wildman–Crippen LogP) is 3.28. The highest BCUT2D eigenvalue weighted by Gasteiger charge is 2.29. The van der Waals surface area contributed by atoms with E-state index in [2.05, 4.69) is 10.1 Å². The smallest absolute Gasteiger partial charge is 0.213 e. The number of benzene rings is 1. The van der Waals surface area contributed by atoms with E-state index in [1.807, 2.05) is 0 Å². The molecular formula is C15H14FN3OS. The van der Waals surface area contributed by atoms with Crippen molar-refractivity contribution < 1.29 is 9.50 Å². The lowest BCUT2D eigenvalue weighted by Crippen LogP contribution is -1.96. The molecule has 0 unspecified atom stereocenters. The Kier molecular flexibility index (Phi) is 2.83. The molecule has 0 saturated heterocycles. The van der Waals surface area contributed by atoms with Gasteiger partial charge in [0.1, 0.15) is 10.8 Å². The number of hydrogen-bond donors (Lipinski definition) is 1. The molecule has 0 spiro atoms. The van der Waals surface area contributed by atoms with Gasteiger partial charge in [0.15, 0.2) is 0 Å². The molecule has 1 saturated carbocycles. The molecule has 1 N–H and O–H groups in total. The molecule has 0 atom stereocenters. The molecule has 4 rings (SSSR count). The van der Waals surface area contributed by atoms with Gasteiger partial charge in [0.2, 0.25) is 4.96 Å². The Bertz CT molecular complexity index is 835. The molecule has 108 valence electrons. The van der Waals surface area contributed by atoms with Gasteiger partial charge in [-0.2, -0.15) is 5.10 Å². The van der Waals surface area contributed by atoms with Gasteiger partial charge in [-0.3, -0.25) is 0 Å². The van der Waals surface area contributed by atoms with Crippen molar-refractivity contribution in [2.45, 2.75) is 32.3 Å². The van der Waals surface area contributed by atoms with Crippen LogP contribution in [-0.2, 0) is 6.61 Å². The van der Waals surface area contributed by atoms with Crippen LogP contribution in [0, 0.1) is 12.7 Å². The summed E-state index contributed by atoms with van der Waals surface area (Å²) in [5, 5.41) is 15.3. The van der Waals surface area contributed by atoms with Crippen LogP contribution in [0.5, 0.6) is 0 Å². The Morgan fingerprint density at radius 2 is 2.24 bits per heavy atom. The van der Waals surface area contributed by atoms with Gasteiger partial charge in [0.05, 0.1) is 18.0 Å². The number of imidazole rings is 1. The molecule has 21 heavy (non-hydrogen) atoms. The minimum absolute atomic E-state index is 0.138. The number of aliphatic hydroxyl groups is 1. The maximum atomic E-state index is 13.4. The van der Waals surface area contributed by atoms with Crippen LogP contribution >= 0.6 is 11.3 Å². The third-order valence-electron chi connectivity index (χ3n) is 3.82. The lowest BCUT2D eigenvalue weighted by Gasteiger charge is -2.03. The third-order valence-corrected chi connectivity index (χ3v) is 4.89. The Morgan fingerprint density at radius 1 is 1.43 bits per heavy atom. The monoisotopic (exact) mass is 303 g/mol. The van der Waals surface area contributed by atoms with Gasteiger partial charge in [0.25, 0.3) is 0 Å². The van der Waals surface area contributed by atoms with Crippen molar-refractivity contribution in [2.24, 2.45) is 0 Å². The number of rotatable bonds is 3. The molecule has 0 amide bonds. The van der Waals surface area contributed by atoms with Gasteiger partial charge in [-0.1, -0.05) is 11.3 Å². The molecule has 1 fully saturated rings. The number of fused-ring (bicyclic) bond motifs is 1. The van der Waals surface area contributed by atoms with Crippen LogP contribution in [0.3, 0.4) is 0 Å². The fourth-order valence-electron chi connectivity index (χ4n) is 2.47. The molecule has 4 nitrogen and oxygen atoms in total. The van der Waals surface area contributed by atoms with Gasteiger partial charge < -0.3 is 5.11 Å². The van der Waals surface area contributed by atoms with Crippen LogP contribution < -0.4 is 0 Å². The minimum atomic E-state index is -0.237. The van der Waals surface area contributed by atoms with Crippen molar-refractivity contribution in [1.82, 2.24) is 14.6 Å². The second kappa shape index (κ2) is 4.61. The van der Waals surface area contributed by atoms with Crippen molar-refractivity contribution in [3.8, 4) is 11.3 Å². The SMILES string of the molecule is Cc1cc(-c2nc3sc(C4CC4)nn3c2CO)ccc1F. The van der Waals surface area contributed by atoms with E-state index in [0.717, 1.165) is 15.5 Å². The average molecular weight is 303 g/mol. The second-order valence-corrected chi connectivity index (χ2v) is 6.43. The van der Waals surface area contributed by atoms with Crippen LogP contribution in [0.2, 0.25) is 0 Å².